The summed E-state index contributed by atoms with van der Waals surface area (Å²) < 4.78 is 0. The van der Waals surface area contributed by atoms with E-state index in [1.165, 1.54) is 0 Å². The zero-order valence-electron chi connectivity index (χ0n) is 19.2. The number of hydrogen-bond donors (Lipinski definition) is 3. The van der Waals surface area contributed by atoms with Crippen molar-refractivity contribution in [3.05, 3.63) is 35.9 Å². The highest BCUT2D eigenvalue weighted by molar-refractivity contribution is 7.80. The summed E-state index contributed by atoms with van der Waals surface area (Å²) in [5.41, 5.74) is 0.851. The van der Waals surface area contributed by atoms with Crippen molar-refractivity contribution < 1.29 is 14.4 Å². The molecular weight excluding hydrogens is 410 g/mol. The van der Waals surface area contributed by atoms with Crippen molar-refractivity contribution in [3.8, 4) is 0 Å². The number of unbranched alkanes of at least 4 members (excludes halogenated alkanes) is 4. The van der Waals surface area contributed by atoms with E-state index in [4.69, 9.17) is 12.2 Å². The summed E-state index contributed by atoms with van der Waals surface area (Å²) in [6.45, 7) is 7.92. The Morgan fingerprint density at radius 2 is 1.42 bits per heavy atom. The lowest BCUT2D eigenvalue weighted by atomic mass is 10.0. The van der Waals surface area contributed by atoms with Gasteiger partial charge in [0.1, 0.15) is 11.0 Å². The van der Waals surface area contributed by atoms with Crippen molar-refractivity contribution in [2.45, 2.75) is 78.3 Å². The second-order valence-electron chi connectivity index (χ2n) is 8.22. The lowest BCUT2D eigenvalue weighted by Crippen LogP contribution is -2.49. The lowest BCUT2D eigenvalue weighted by Gasteiger charge is -2.19. The van der Waals surface area contributed by atoms with Gasteiger partial charge in [-0.1, -0.05) is 75.7 Å². The molecule has 0 fully saturated rings. The Hall–Kier alpha value is -2.28. The molecule has 1 rings (SSSR count). The first-order valence-corrected chi connectivity index (χ1v) is 11.6. The number of ketones is 1. The molecule has 1 aromatic carbocycles. The van der Waals surface area contributed by atoms with E-state index in [2.05, 4.69) is 16.0 Å². The third-order valence-corrected chi connectivity index (χ3v) is 5.40. The molecule has 0 aliphatic heterocycles. The van der Waals surface area contributed by atoms with Gasteiger partial charge in [0.05, 0.1) is 6.04 Å². The zero-order chi connectivity index (χ0) is 23.2. The minimum atomic E-state index is -0.529. The number of rotatable bonds is 14. The third-order valence-electron chi connectivity index (χ3n) is 5.04. The van der Waals surface area contributed by atoms with Gasteiger partial charge < -0.3 is 16.0 Å². The van der Waals surface area contributed by atoms with Crippen LogP contribution >= 0.6 is 12.2 Å². The molecule has 0 aliphatic carbocycles. The van der Waals surface area contributed by atoms with Crippen molar-refractivity contribution in [2.24, 2.45) is 5.92 Å². The molecule has 0 saturated carbocycles. The largest absolute Gasteiger partial charge is 0.364 e. The van der Waals surface area contributed by atoms with E-state index >= 15 is 0 Å². The van der Waals surface area contributed by atoms with Crippen molar-refractivity contribution in [3.63, 3.8) is 0 Å². The molecule has 0 spiro atoms. The molecule has 0 saturated heterocycles. The van der Waals surface area contributed by atoms with Crippen molar-refractivity contribution in [1.82, 2.24) is 16.0 Å². The molecule has 0 radical (unpaired) electrons. The number of amides is 2. The molecule has 3 N–H and O–H groups in total. The summed E-state index contributed by atoms with van der Waals surface area (Å²) in [5, 5.41) is 8.69. The predicted octanol–water partition coefficient (Wildman–Crippen LogP) is 3.53. The van der Waals surface area contributed by atoms with Crippen LogP contribution in [0.1, 0.15) is 71.8 Å². The molecule has 31 heavy (non-hydrogen) atoms. The molecule has 0 bridgehead atoms. The zero-order valence-corrected chi connectivity index (χ0v) is 20.0. The maximum atomic E-state index is 12.4. The second kappa shape index (κ2) is 14.7. The fourth-order valence-corrected chi connectivity index (χ4v) is 3.25. The first kappa shape index (κ1) is 26.8. The molecule has 172 valence electrons. The van der Waals surface area contributed by atoms with Gasteiger partial charge >= 0.3 is 0 Å². The number of carbonyl (C=O) groups is 3. The highest BCUT2D eigenvalue weighted by atomic mass is 32.1. The Balaban J connectivity index is 2.18. The summed E-state index contributed by atoms with van der Waals surface area (Å²) in [6, 6.07) is 8.40. The second-order valence-corrected chi connectivity index (χ2v) is 8.63. The van der Waals surface area contributed by atoms with Crippen molar-refractivity contribution in [1.29, 1.82) is 0 Å². The van der Waals surface area contributed by atoms with E-state index in [0.29, 0.717) is 18.0 Å². The first-order valence-electron chi connectivity index (χ1n) is 11.2. The van der Waals surface area contributed by atoms with Crippen LogP contribution in [0.4, 0.5) is 0 Å². The third kappa shape index (κ3) is 11.1. The topological polar surface area (TPSA) is 87.3 Å². The van der Waals surface area contributed by atoms with Crippen molar-refractivity contribution in [2.75, 3.05) is 6.54 Å². The van der Waals surface area contributed by atoms with Gasteiger partial charge in [-0.15, -0.1) is 0 Å². The van der Waals surface area contributed by atoms with Crippen LogP contribution in [0.3, 0.4) is 0 Å². The van der Waals surface area contributed by atoms with Gasteiger partial charge in [0.15, 0.2) is 5.78 Å². The summed E-state index contributed by atoms with van der Waals surface area (Å²) in [7, 11) is 0. The van der Waals surface area contributed by atoms with Crippen LogP contribution in [0.5, 0.6) is 0 Å². The van der Waals surface area contributed by atoms with E-state index in [1.54, 1.807) is 13.8 Å². The molecule has 0 heterocycles. The van der Waals surface area contributed by atoms with E-state index < -0.39 is 12.1 Å². The smallest absolute Gasteiger partial charge is 0.242 e. The van der Waals surface area contributed by atoms with Crippen LogP contribution in [0.25, 0.3) is 0 Å². The number of benzene rings is 1. The van der Waals surface area contributed by atoms with Gasteiger partial charge in [0.25, 0.3) is 0 Å². The number of hydrogen-bond acceptors (Lipinski definition) is 4. The van der Waals surface area contributed by atoms with Gasteiger partial charge in [-0.25, -0.2) is 0 Å². The van der Waals surface area contributed by atoms with Gasteiger partial charge in [-0.2, -0.15) is 0 Å². The lowest BCUT2D eigenvalue weighted by molar-refractivity contribution is -0.128. The van der Waals surface area contributed by atoms with E-state index in [-0.39, 0.29) is 23.5 Å². The molecule has 0 aromatic heterocycles. The highest BCUT2D eigenvalue weighted by Gasteiger charge is 2.20. The first-order chi connectivity index (χ1) is 14.7. The Bertz CT molecular complexity index is 722. The van der Waals surface area contributed by atoms with Gasteiger partial charge in [-0.3, -0.25) is 14.4 Å². The van der Waals surface area contributed by atoms with Gasteiger partial charge in [0.2, 0.25) is 11.8 Å². The number of thiocarbonyl (C=S) groups is 1. The Labute approximate surface area is 191 Å². The molecular formula is C24H37N3O3S. The minimum Gasteiger partial charge on any atom is -0.364 e. The standard InChI is InChI=1S/C24H37N3O3S/c1-17(2)22(29)25-16-12-7-5-6-11-15-21(28)18(3)26-23(30)19(4)27-24(31)20-13-9-8-10-14-20/h8-10,13-14,17-19H,5-7,11-12,15-16H2,1-4H3,(H,25,29)(H,26,30)(H,27,31). The normalized spacial score (nSPS) is 12.7. The number of carbonyl (C=O) groups excluding carboxylic acids is 3. The van der Waals surface area contributed by atoms with Crippen LogP contribution in [-0.2, 0) is 14.4 Å². The molecule has 7 heteroatoms. The van der Waals surface area contributed by atoms with Crippen LogP contribution in [0.2, 0.25) is 0 Å². The maximum Gasteiger partial charge on any atom is 0.242 e. The highest BCUT2D eigenvalue weighted by Crippen LogP contribution is 2.07. The SMILES string of the molecule is CC(C)C(=O)NCCCCCCCC(=O)C(C)NC(=O)C(C)NC(=S)c1ccccc1. The minimum absolute atomic E-state index is 0.0210. The van der Waals surface area contributed by atoms with Crippen molar-refractivity contribution >= 4 is 34.8 Å². The molecule has 2 atom stereocenters. The van der Waals surface area contributed by atoms with Crippen LogP contribution in [-0.4, -0.2) is 41.2 Å². The molecule has 0 aliphatic rings. The molecule has 1 aromatic rings. The number of Topliss-reactive ketones (excluding diaryl/α,β-unsaturated/α-hetero) is 1. The average molecular weight is 448 g/mol. The predicted molar refractivity (Wildman–Crippen MR) is 129 cm³/mol. The Morgan fingerprint density at radius 1 is 0.806 bits per heavy atom. The van der Waals surface area contributed by atoms with Gasteiger partial charge in [0, 0.05) is 24.4 Å². The average Bonchev–Trinajstić information content (AvgIpc) is 2.75. The molecule has 2 unspecified atom stereocenters. The van der Waals surface area contributed by atoms with Crippen LogP contribution < -0.4 is 16.0 Å². The fourth-order valence-electron chi connectivity index (χ4n) is 2.94. The summed E-state index contributed by atoms with van der Waals surface area (Å²) >= 11 is 5.34. The van der Waals surface area contributed by atoms with Crippen LogP contribution in [0, 0.1) is 5.92 Å². The fraction of sp³-hybridized carbons (Fsp3) is 0.583. The quantitative estimate of drug-likeness (QED) is 0.300. The summed E-state index contributed by atoms with van der Waals surface area (Å²) in [6.07, 6.45) is 5.24. The monoisotopic (exact) mass is 447 g/mol. The van der Waals surface area contributed by atoms with E-state index in [9.17, 15) is 14.4 Å². The van der Waals surface area contributed by atoms with E-state index in [0.717, 1.165) is 37.7 Å². The molecule has 6 nitrogen and oxygen atoms in total. The maximum absolute atomic E-state index is 12.4. The Kier molecular flexibility index (Phi) is 12.7. The van der Waals surface area contributed by atoms with Gasteiger partial charge in [-0.05, 0) is 26.7 Å². The Morgan fingerprint density at radius 3 is 2.06 bits per heavy atom. The van der Waals surface area contributed by atoms with Crippen LogP contribution in [0.15, 0.2) is 30.3 Å². The summed E-state index contributed by atoms with van der Waals surface area (Å²) in [4.78, 5) is 36.7. The summed E-state index contributed by atoms with van der Waals surface area (Å²) in [5.74, 6) is -0.0984. The number of nitrogens with one attached hydrogen (secondary N) is 3. The molecule has 2 amide bonds. The van der Waals surface area contributed by atoms with E-state index in [1.807, 2.05) is 44.2 Å².